The molecule has 0 amide bonds. The molecule has 4 heteroatoms. The van der Waals surface area contributed by atoms with Gasteiger partial charge in [-0.05, 0) is 44.9 Å². The van der Waals surface area contributed by atoms with Crippen LogP contribution in [0.25, 0.3) is 0 Å². The lowest BCUT2D eigenvalue weighted by atomic mass is 9.97. The van der Waals surface area contributed by atoms with Crippen LogP contribution in [-0.4, -0.2) is 39.4 Å². The first-order chi connectivity index (χ1) is 10.2. The lowest BCUT2D eigenvalue weighted by Gasteiger charge is -2.39. The molecule has 118 valence electrons. The molecule has 0 radical (unpaired) electrons. The summed E-state index contributed by atoms with van der Waals surface area (Å²) in [7, 11) is 3.36. The van der Waals surface area contributed by atoms with E-state index in [-0.39, 0.29) is 0 Å². The molecule has 1 aromatic rings. The van der Waals surface area contributed by atoms with Crippen molar-refractivity contribution in [1.82, 2.24) is 5.32 Å². The van der Waals surface area contributed by atoms with Crippen molar-refractivity contribution in [2.24, 2.45) is 0 Å². The van der Waals surface area contributed by atoms with Crippen molar-refractivity contribution < 1.29 is 9.47 Å². The third kappa shape index (κ3) is 3.82. The van der Waals surface area contributed by atoms with E-state index in [1.807, 2.05) is 6.07 Å². The summed E-state index contributed by atoms with van der Waals surface area (Å²) in [5.41, 5.74) is 1.22. The molecule has 1 aliphatic rings. The van der Waals surface area contributed by atoms with Crippen molar-refractivity contribution in [3.05, 3.63) is 18.2 Å². The molecule has 1 aliphatic heterocycles. The average molecular weight is 292 g/mol. The molecule has 0 aliphatic carbocycles. The number of methoxy groups -OCH3 is 2. The Morgan fingerprint density at radius 3 is 2.62 bits per heavy atom. The quantitative estimate of drug-likeness (QED) is 0.874. The van der Waals surface area contributed by atoms with Gasteiger partial charge < -0.3 is 19.7 Å². The first-order valence-corrected chi connectivity index (χ1v) is 7.91. The van der Waals surface area contributed by atoms with E-state index in [0.29, 0.717) is 12.1 Å². The Bertz CT molecular complexity index is 450. The lowest BCUT2D eigenvalue weighted by molar-refractivity contribution is 0.352. The highest BCUT2D eigenvalue weighted by atomic mass is 16.5. The number of rotatable bonds is 6. The topological polar surface area (TPSA) is 33.7 Å². The number of nitrogens with one attached hydrogen (secondary N) is 1. The van der Waals surface area contributed by atoms with Gasteiger partial charge in [-0.1, -0.05) is 6.92 Å². The molecule has 1 heterocycles. The molecule has 0 spiro atoms. The highest BCUT2D eigenvalue weighted by molar-refractivity contribution is 5.57. The molecule has 1 fully saturated rings. The van der Waals surface area contributed by atoms with Crippen molar-refractivity contribution >= 4 is 5.69 Å². The second-order valence-electron chi connectivity index (χ2n) is 5.76. The summed E-state index contributed by atoms with van der Waals surface area (Å²) in [5.74, 6) is 1.59. The standard InChI is InChI=1S/C17H28N2O2/c1-5-9-18-14-8-10-19(13(2)11-14)15-6-7-16(20-3)17(12-15)21-4/h6-7,12-14,18H,5,8-11H2,1-4H3. The summed E-state index contributed by atoms with van der Waals surface area (Å²) in [6.45, 7) is 6.72. The summed E-state index contributed by atoms with van der Waals surface area (Å²) in [5, 5.41) is 3.64. The fourth-order valence-corrected chi connectivity index (χ4v) is 3.09. The third-order valence-corrected chi connectivity index (χ3v) is 4.26. The average Bonchev–Trinajstić information content (AvgIpc) is 2.52. The molecule has 21 heavy (non-hydrogen) atoms. The zero-order chi connectivity index (χ0) is 15.2. The second-order valence-corrected chi connectivity index (χ2v) is 5.76. The van der Waals surface area contributed by atoms with Gasteiger partial charge in [0.05, 0.1) is 14.2 Å². The predicted octanol–water partition coefficient (Wildman–Crippen LogP) is 3.06. The number of ether oxygens (including phenoxy) is 2. The highest BCUT2D eigenvalue weighted by Crippen LogP contribution is 2.34. The van der Waals surface area contributed by atoms with Crippen LogP contribution in [0.15, 0.2) is 18.2 Å². The summed E-state index contributed by atoms with van der Waals surface area (Å²) in [6, 6.07) is 7.37. The minimum atomic E-state index is 0.534. The van der Waals surface area contributed by atoms with E-state index in [1.165, 1.54) is 24.9 Å². The molecule has 1 N–H and O–H groups in total. The van der Waals surface area contributed by atoms with E-state index in [9.17, 15) is 0 Å². The maximum atomic E-state index is 5.41. The van der Waals surface area contributed by atoms with Gasteiger partial charge in [-0.3, -0.25) is 0 Å². The SMILES string of the molecule is CCCNC1CCN(c2ccc(OC)c(OC)c2)C(C)C1. The Labute approximate surface area is 128 Å². The molecule has 2 rings (SSSR count). The van der Waals surface area contributed by atoms with Crippen LogP contribution in [-0.2, 0) is 0 Å². The zero-order valence-electron chi connectivity index (χ0n) is 13.7. The van der Waals surface area contributed by atoms with Gasteiger partial charge in [0.25, 0.3) is 0 Å². The fourth-order valence-electron chi connectivity index (χ4n) is 3.09. The Balaban J connectivity index is 2.05. The maximum absolute atomic E-state index is 5.41. The van der Waals surface area contributed by atoms with Gasteiger partial charge in [-0.15, -0.1) is 0 Å². The van der Waals surface area contributed by atoms with Crippen molar-refractivity contribution in [2.75, 3.05) is 32.2 Å². The Morgan fingerprint density at radius 1 is 1.24 bits per heavy atom. The third-order valence-electron chi connectivity index (χ3n) is 4.26. The molecule has 0 saturated carbocycles. The van der Waals surface area contributed by atoms with Crippen LogP contribution in [0, 0.1) is 0 Å². The van der Waals surface area contributed by atoms with Crippen LogP contribution >= 0.6 is 0 Å². The van der Waals surface area contributed by atoms with E-state index in [1.54, 1.807) is 14.2 Å². The first-order valence-electron chi connectivity index (χ1n) is 7.91. The molecule has 1 aromatic carbocycles. The monoisotopic (exact) mass is 292 g/mol. The summed E-state index contributed by atoms with van der Waals surface area (Å²) in [4.78, 5) is 2.46. The second kappa shape index (κ2) is 7.55. The zero-order valence-corrected chi connectivity index (χ0v) is 13.7. The van der Waals surface area contributed by atoms with Crippen LogP contribution in [0.5, 0.6) is 11.5 Å². The summed E-state index contributed by atoms with van der Waals surface area (Å²) < 4.78 is 10.7. The Morgan fingerprint density at radius 2 is 2.00 bits per heavy atom. The molecule has 0 aromatic heterocycles. The number of piperidine rings is 1. The van der Waals surface area contributed by atoms with Crippen molar-refractivity contribution in [3.8, 4) is 11.5 Å². The molecule has 0 bridgehead atoms. The largest absolute Gasteiger partial charge is 0.493 e. The summed E-state index contributed by atoms with van der Waals surface area (Å²) >= 11 is 0. The Hall–Kier alpha value is -1.42. The van der Waals surface area contributed by atoms with Crippen molar-refractivity contribution in [2.45, 2.75) is 45.2 Å². The molecule has 2 unspecified atom stereocenters. The molecule has 2 atom stereocenters. The van der Waals surface area contributed by atoms with Gasteiger partial charge in [-0.2, -0.15) is 0 Å². The number of anilines is 1. The fraction of sp³-hybridized carbons (Fsp3) is 0.647. The van der Waals surface area contributed by atoms with Crippen molar-refractivity contribution in [1.29, 1.82) is 0 Å². The van der Waals surface area contributed by atoms with Gasteiger partial charge in [0, 0.05) is 30.4 Å². The lowest BCUT2D eigenvalue weighted by Crippen LogP contribution is -2.47. The van der Waals surface area contributed by atoms with Gasteiger partial charge in [0.15, 0.2) is 11.5 Å². The van der Waals surface area contributed by atoms with E-state index >= 15 is 0 Å². The van der Waals surface area contributed by atoms with Gasteiger partial charge in [0.1, 0.15) is 0 Å². The summed E-state index contributed by atoms with van der Waals surface area (Å²) in [6.07, 6.45) is 3.58. The predicted molar refractivity (Wildman–Crippen MR) is 87.7 cm³/mol. The number of hydrogen-bond acceptors (Lipinski definition) is 4. The van der Waals surface area contributed by atoms with Crippen LogP contribution in [0.2, 0.25) is 0 Å². The normalized spacial score (nSPS) is 22.2. The molecular formula is C17H28N2O2. The van der Waals surface area contributed by atoms with Crippen molar-refractivity contribution in [3.63, 3.8) is 0 Å². The molecular weight excluding hydrogens is 264 g/mol. The van der Waals surface area contributed by atoms with E-state index in [0.717, 1.165) is 24.6 Å². The molecule has 4 nitrogen and oxygen atoms in total. The Kier molecular flexibility index (Phi) is 5.74. The van der Waals surface area contributed by atoms with E-state index in [4.69, 9.17) is 9.47 Å². The van der Waals surface area contributed by atoms with Gasteiger partial charge in [0.2, 0.25) is 0 Å². The van der Waals surface area contributed by atoms with Crippen LogP contribution < -0.4 is 19.7 Å². The van der Waals surface area contributed by atoms with E-state index in [2.05, 4.69) is 36.2 Å². The first kappa shape index (κ1) is 16.0. The van der Waals surface area contributed by atoms with E-state index < -0.39 is 0 Å². The minimum Gasteiger partial charge on any atom is -0.493 e. The van der Waals surface area contributed by atoms with Gasteiger partial charge >= 0.3 is 0 Å². The van der Waals surface area contributed by atoms with Gasteiger partial charge in [-0.25, -0.2) is 0 Å². The molecule has 1 saturated heterocycles. The number of benzene rings is 1. The maximum Gasteiger partial charge on any atom is 0.162 e. The minimum absolute atomic E-state index is 0.534. The number of hydrogen-bond donors (Lipinski definition) is 1. The van der Waals surface area contributed by atoms with Crippen LogP contribution in [0.3, 0.4) is 0 Å². The number of nitrogens with zero attached hydrogens (tertiary/aromatic N) is 1. The smallest absolute Gasteiger partial charge is 0.162 e. The highest BCUT2D eigenvalue weighted by Gasteiger charge is 2.25. The van der Waals surface area contributed by atoms with Crippen LogP contribution in [0.4, 0.5) is 5.69 Å². The van der Waals surface area contributed by atoms with Crippen LogP contribution in [0.1, 0.15) is 33.1 Å².